The maximum absolute atomic E-state index is 12.8. The minimum absolute atomic E-state index is 0.0587. The van der Waals surface area contributed by atoms with Crippen LogP contribution in [0.4, 0.5) is 4.39 Å². The summed E-state index contributed by atoms with van der Waals surface area (Å²) in [4.78, 5) is 13.9. The maximum Gasteiger partial charge on any atom is 0.223 e. The van der Waals surface area contributed by atoms with E-state index in [1.54, 1.807) is 31.3 Å². The normalized spacial score (nSPS) is 10.6. The van der Waals surface area contributed by atoms with Gasteiger partial charge in [-0.3, -0.25) is 4.79 Å². The summed E-state index contributed by atoms with van der Waals surface area (Å²) in [5.41, 5.74) is 0.957. The standard InChI is InChI=1S/C15H22FNO3/c1-19-11-9-17(10-12-20-2)15(18)8-5-13-3-6-14(16)7-4-13/h3-4,6-7H,5,8-12H2,1-2H3. The predicted octanol–water partition coefficient (Wildman–Crippen LogP) is 1.88. The fraction of sp³-hybridized carbons (Fsp3) is 0.533. The van der Waals surface area contributed by atoms with Gasteiger partial charge >= 0.3 is 0 Å². The molecule has 0 saturated heterocycles. The van der Waals surface area contributed by atoms with Gasteiger partial charge in [-0.1, -0.05) is 12.1 Å². The van der Waals surface area contributed by atoms with Crippen molar-refractivity contribution in [3.05, 3.63) is 35.6 Å². The highest BCUT2D eigenvalue weighted by molar-refractivity contribution is 5.76. The monoisotopic (exact) mass is 283 g/mol. The van der Waals surface area contributed by atoms with Crippen molar-refractivity contribution in [2.75, 3.05) is 40.5 Å². The molecule has 0 unspecified atom stereocenters. The van der Waals surface area contributed by atoms with E-state index in [1.165, 1.54) is 12.1 Å². The Bertz CT molecular complexity index is 387. The smallest absolute Gasteiger partial charge is 0.223 e. The first kappa shape index (κ1) is 16.6. The molecule has 0 fully saturated rings. The zero-order chi connectivity index (χ0) is 14.8. The lowest BCUT2D eigenvalue weighted by Gasteiger charge is -2.22. The van der Waals surface area contributed by atoms with Crippen LogP contribution in [0.5, 0.6) is 0 Å². The number of benzene rings is 1. The van der Waals surface area contributed by atoms with Crippen LogP contribution in [0, 0.1) is 5.82 Å². The second-order valence-corrected chi connectivity index (χ2v) is 4.49. The van der Waals surface area contributed by atoms with Crippen LogP contribution in [0.3, 0.4) is 0 Å². The summed E-state index contributed by atoms with van der Waals surface area (Å²) in [5.74, 6) is -0.203. The van der Waals surface area contributed by atoms with Gasteiger partial charge < -0.3 is 14.4 Å². The number of hydrogen-bond acceptors (Lipinski definition) is 3. The number of rotatable bonds is 9. The van der Waals surface area contributed by atoms with Gasteiger partial charge in [-0.2, -0.15) is 0 Å². The Balaban J connectivity index is 2.45. The third-order valence-corrected chi connectivity index (χ3v) is 3.02. The molecule has 4 nitrogen and oxygen atoms in total. The minimum atomic E-state index is -0.262. The van der Waals surface area contributed by atoms with Gasteiger partial charge in [0.15, 0.2) is 0 Å². The van der Waals surface area contributed by atoms with E-state index >= 15 is 0 Å². The molecule has 0 bridgehead atoms. The van der Waals surface area contributed by atoms with Gasteiger partial charge in [-0.15, -0.1) is 0 Å². The molecule has 0 aliphatic carbocycles. The van der Waals surface area contributed by atoms with E-state index in [0.717, 1.165) is 5.56 Å². The van der Waals surface area contributed by atoms with Crippen molar-refractivity contribution in [3.8, 4) is 0 Å². The van der Waals surface area contributed by atoms with Crippen LogP contribution in [0.1, 0.15) is 12.0 Å². The summed E-state index contributed by atoms with van der Waals surface area (Å²) in [6, 6.07) is 6.23. The van der Waals surface area contributed by atoms with E-state index in [9.17, 15) is 9.18 Å². The number of amides is 1. The second kappa shape index (κ2) is 9.44. The molecular formula is C15H22FNO3. The average molecular weight is 283 g/mol. The van der Waals surface area contributed by atoms with E-state index in [-0.39, 0.29) is 11.7 Å². The number of halogens is 1. The molecular weight excluding hydrogens is 261 g/mol. The minimum Gasteiger partial charge on any atom is -0.383 e. The van der Waals surface area contributed by atoms with E-state index in [2.05, 4.69) is 0 Å². The highest BCUT2D eigenvalue weighted by Gasteiger charge is 2.12. The lowest BCUT2D eigenvalue weighted by Crippen LogP contribution is -2.36. The molecule has 0 radical (unpaired) electrons. The summed E-state index contributed by atoms with van der Waals surface area (Å²) in [5, 5.41) is 0. The molecule has 1 aromatic carbocycles. The van der Waals surface area contributed by atoms with Gasteiger partial charge in [0, 0.05) is 33.7 Å². The Labute approximate surface area is 119 Å². The van der Waals surface area contributed by atoms with Crippen LogP contribution >= 0.6 is 0 Å². The zero-order valence-corrected chi connectivity index (χ0v) is 12.1. The first-order valence-corrected chi connectivity index (χ1v) is 6.67. The van der Waals surface area contributed by atoms with Crippen molar-refractivity contribution in [1.82, 2.24) is 4.90 Å². The quantitative estimate of drug-likeness (QED) is 0.694. The highest BCUT2D eigenvalue weighted by atomic mass is 19.1. The van der Waals surface area contributed by atoms with Crippen LogP contribution in [0.25, 0.3) is 0 Å². The first-order valence-electron chi connectivity index (χ1n) is 6.67. The van der Waals surface area contributed by atoms with Crippen LogP contribution in [0.2, 0.25) is 0 Å². The van der Waals surface area contributed by atoms with Crippen LogP contribution in [-0.2, 0) is 20.7 Å². The lowest BCUT2D eigenvalue weighted by atomic mass is 10.1. The molecule has 20 heavy (non-hydrogen) atoms. The van der Waals surface area contributed by atoms with Gasteiger partial charge in [-0.05, 0) is 24.1 Å². The van der Waals surface area contributed by atoms with Gasteiger partial charge in [0.2, 0.25) is 5.91 Å². The molecule has 112 valence electrons. The topological polar surface area (TPSA) is 38.8 Å². The summed E-state index contributed by atoms with van der Waals surface area (Å²) < 4.78 is 22.8. The Hall–Kier alpha value is -1.46. The van der Waals surface area contributed by atoms with Crippen molar-refractivity contribution < 1.29 is 18.7 Å². The van der Waals surface area contributed by atoms with Crippen molar-refractivity contribution >= 4 is 5.91 Å². The molecule has 0 aliphatic heterocycles. The van der Waals surface area contributed by atoms with Gasteiger partial charge in [0.05, 0.1) is 13.2 Å². The van der Waals surface area contributed by atoms with Crippen molar-refractivity contribution in [2.45, 2.75) is 12.8 Å². The number of carbonyl (C=O) groups is 1. The number of hydrogen-bond donors (Lipinski definition) is 0. The van der Waals surface area contributed by atoms with Crippen LogP contribution in [0.15, 0.2) is 24.3 Å². The van der Waals surface area contributed by atoms with Gasteiger partial charge in [-0.25, -0.2) is 4.39 Å². The molecule has 0 aromatic heterocycles. The van der Waals surface area contributed by atoms with Crippen molar-refractivity contribution in [2.24, 2.45) is 0 Å². The molecule has 5 heteroatoms. The van der Waals surface area contributed by atoms with E-state index in [1.807, 2.05) is 0 Å². The molecule has 0 atom stereocenters. The molecule has 0 saturated carbocycles. The summed E-state index contributed by atoms with van der Waals surface area (Å²) >= 11 is 0. The van der Waals surface area contributed by atoms with Crippen molar-refractivity contribution in [3.63, 3.8) is 0 Å². The SMILES string of the molecule is COCCN(CCOC)C(=O)CCc1ccc(F)cc1. The third kappa shape index (κ3) is 6.12. The van der Waals surface area contributed by atoms with Crippen molar-refractivity contribution in [1.29, 1.82) is 0 Å². The molecule has 1 rings (SSSR count). The van der Waals surface area contributed by atoms with E-state index in [0.29, 0.717) is 39.1 Å². The van der Waals surface area contributed by atoms with Crippen LogP contribution < -0.4 is 0 Å². The predicted molar refractivity (Wildman–Crippen MR) is 75.1 cm³/mol. The Morgan fingerprint density at radius 3 is 2.15 bits per heavy atom. The molecule has 1 aromatic rings. The third-order valence-electron chi connectivity index (χ3n) is 3.02. The Morgan fingerprint density at radius 1 is 1.10 bits per heavy atom. The zero-order valence-electron chi connectivity index (χ0n) is 12.1. The Kier molecular flexibility index (Phi) is 7.84. The average Bonchev–Trinajstić information content (AvgIpc) is 2.46. The maximum atomic E-state index is 12.8. The molecule has 0 N–H and O–H groups in total. The molecule has 0 heterocycles. The van der Waals surface area contributed by atoms with Crippen LogP contribution in [-0.4, -0.2) is 51.3 Å². The molecule has 1 amide bonds. The Morgan fingerprint density at radius 2 is 1.65 bits per heavy atom. The fourth-order valence-electron chi connectivity index (χ4n) is 1.82. The number of carbonyl (C=O) groups excluding carboxylic acids is 1. The number of methoxy groups -OCH3 is 2. The number of aryl methyl sites for hydroxylation is 1. The van der Waals surface area contributed by atoms with Gasteiger partial charge in [0.1, 0.15) is 5.82 Å². The van der Waals surface area contributed by atoms with E-state index < -0.39 is 0 Å². The molecule has 0 spiro atoms. The molecule has 0 aliphatic rings. The van der Waals surface area contributed by atoms with E-state index in [4.69, 9.17) is 9.47 Å². The lowest BCUT2D eigenvalue weighted by molar-refractivity contribution is -0.132. The summed E-state index contributed by atoms with van der Waals surface area (Å²) in [7, 11) is 3.22. The summed E-state index contributed by atoms with van der Waals surface area (Å²) in [6.07, 6.45) is 1.01. The second-order valence-electron chi connectivity index (χ2n) is 4.49. The van der Waals surface area contributed by atoms with Gasteiger partial charge in [0.25, 0.3) is 0 Å². The summed E-state index contributed by atoms with van der Waals surface area (Å²) in [6.45, 7) is 2.13. The fourth-order valence-corrected chi connectivity index (χ4v) is 1.82. The number of ether oxygens (including phenoxy) is 2. The largest absolute Gasteiger partial charge is 0.383 e. The highest BCUT2D eigenvalue weighted by Crippen LogP contribution is 2.07. The number of nitrogens with zero attached hydrogens (tertiary/aromatic N) is 1. The first-order chi connectivity index (χ1) is 9.67.